The van der Waals surface area contributed by atoms with Crippen molar-refractivity contribution in [2.45, 2.75) is 19.3 Å². The second-order valence-corrected chi connectivity index (χ2v) is 4.65. The van der Waals surface area contributed by atoms with Crippen molar-refractivity contribution in [3.63, 3.8) is 0 Å². The lowest BCUT2D eigenvalue weighted by atomic mass is 9.96. The van der Waals surface area contributed by atoms with Gasteiger partial charge in [0.15, 0.2) is 5.75 Å². The molecule has 0 amide bonds. The van der Waals surface area contributed by atoms with Crippen molar-refractivity contribution in [1.82, 2.24) is 14.6 Å². The van der Waals surface area contributed by atoms with E-state index in [-0.39, 0.29) is 0 Å². The Bertz CT molecular complexity index is 532. The van der Waals surface area contributed by atoms with Crippen LogP contribution in [0.2, 0.25) is 0 Å². The van der Waals surface area contributed by atoms with Crippen LogP contribution in [0.5, 0.6) is 5.75 Å². The van der Waals surface area contributed by atoms with Gasteiger partial charge in [-0.25, -0.2) is 0 Å². The topological polar surface area (TPSA) is 48.7 Å². The second kappa shape index (κ2) is 4.94. The van der Waals surface area contributed by atoms with Gasteiger partial charge in [0, 0.05) is 25.8 Å². The van der Waals surface area contributed by atoms with Gasteiger partial charge >= 0.3 is 0 Å². The van der Waals surface area contributed by atoms with Gasteiger partial charge in [0.25, 0.3) is 0 Å². The van der Waals surface area contributed by atoms with Crippen LogP contribution in [-0.2, 0) is 11.2 Å². The summed E-state index contributed by atoms with van der Waals surface area (Å²) < 4.78 is 12.7. The molecule has 2 aromatic rings. The lowest BCUT2D eigenvalue weighted by Gasteiger charge is -2.20. The zero-order valence-corrected chi connectivity index (χ0v) is 10.5. The first kappa shape index (κ1) is 11.5. The number of hydrogen-bond acceptors (Lipinski definition) is 4. The number of aromatic nitrogens is 3. The second-order valence-electron chi connectivity index (χ2n) is 4.65. The molecule has 0 bridgehead atoms. The molecule has 96 valence electrons. The largest absolute Gasteiger partial charge is 0.493 e. The SMILES string of the molecule is COc1cccn2c(CC3CCOCC3)nnc12. The summed E-state index contributed by atoms with van der Waals surface area (Å²) in [4.78, 5) is 0. The molecule has 18 heavy (non-hydrogen) atoms. The summed E-state index contributed by atoms with van der Waals surface area (Å²) >= 11 is 0. The molecule has 3 heterocycles. The highest BCUT2D eigenvalue weighted by atomic mass is 16.5. The number of rotatable bonds is 3. The lowest BCUT2D eigenvalue weighted by Crippen LogP contribution is -2.18. The zero-order valence-electron chi connectivity index (χ0n) is 10.5. The van der Waals surface area contributed by atoms with Gasteiger partial charge in [0.1, 0.15) is 5.82 Å². The van der Waals surface area contributed by atoms with Crippen molar-refractivity contribution < 1.29 is 9.47 Å². The van der Waals surface area contributed by atoms with Crippen LogP contribution in [0.1, 0.15) is 18.7 Å². The Morgan fingerprint density at radius 1 is 1.39 bits per heavy atom. The Morgan fingerprint density at radius 2 is 2.22 bits per heavy atom. The fraction of sp³-hybridized carbons (Fsp3) is 0.538. The van der Waals surface area contributed by atoms with E-state index in [1.165, 1.54) is 0 Å². The fourth-order valence-electron chi connectivity index (χ4n) is 2.45. The average molecular weight is 247 g/mol. The Balaban J connectivity index is 1.88. The number of nitrogens with zero attached hydrogens (tertiary/aromatic N) is 3. The van der Waals surface area contributed by atoms with E-state index >= 15 is 0 Å². The van der Waals surface area contributed by atoms with E-state index in [2.05, 4.69) is 10.2 Å². The molecule has 1 aliphatic rings. The molecule has 0 aromatic carbocycles. The van der Waals surface area contributed by atoms with Crippen molar-refractivity contribution >= 4 is 5.65 Å². The molecule has 0 spiro atoms. The summed E-state index contributed by atoms with van der Waals surface area (Å²) in [5, 5.41) is 8.50. The highest BCUT2D eigenvalue weighted by molar-refractivity contribution is 5.53. The highest BCUT2D eigenvalue weighted by Gasteiger charge is 2.18. The predicted octanol–water partition coefficient (Wildman–Crippen LogP) is 1.71. The molecule has 0 radical (unpaired) electrons. The molecule has 1 saturated heterocycles. The van der Waals surface area contributed by atoms with Gasteiger partial charge < -0.3 is 9.47 Å². The number of ether oxygens (including phenoxy) is 2. The summed E-state index contributed by atoms with van der Waals surface area (Å²) in [6.07, 6.45) is 5.17. The number of methoxy groups -OCH3 is 1. The maximum absolute atomic E-state index is 5.38. The number of fused-ring (bicyclic) bond motifs is 1. The maximum atomic E-state index is 5.38. The van der Waals surface area contributed by atoms with E-state index in [1.54, 1.807) is 7.11 Å². The average Bonchev–Trinajstić information content (AvgIpc) is 2.83. The number of pyridine rings is 1. The van der Waals surface area contributed by atoms with Crippen molar-refractivity contribution in [1.29, 1.82) is 0 Å². The van der Waals surface area contributed by atoms with E-state index in [0.717, 1.165) is 49.7 Å². The predicted molar refractivity (Wildman–Crippen MR) is 66.8 cm³/mol. The van der Waals surface area contributed by atoms with E-state index in [9.17, 15) is 0 Å². The Hall–Kier alpha value is -1.62. The highest BCUT2D eigenvalue weighted by Crippen LogP contribution is 2.22. The van der Waals surface area contributed by atoms with Crippen molar-refractivity contribution in [3.05, 3.63) is 24.2 Å². The van der Waals surface area contributed by atoms with Crippen molar-refractivity contribution in [3.8, 4) is 5.75 Å². The monoisotopic (exact) mass is 247 g/mol. The van der Waals surface area contributed by atoms with Gasteiger partial charge in [-0.3, -0.25) is 4.40 Å². The first-order valence-electron chi connectivity index (χ1n) is 6.33. The van der Waals surface area contributed by atoms with Crippen LogP contribution in [0.25, 0.3) is 5.65 Å². The Labute approximate surface area is 106 Å². The lowest BCUT2D eigenvalue weighted by molar-refractivity contribution is 0.0659. The third-order valence-electron chi connectivity index (χ3n) is 3.50. The normalized spacial score (nSPS) is 17.2. The third kappa shape index (κ3) is 2.06. The van der Waals surface area contributed by atoms with Gasteiger partial charge in [-0.15, -0.1) is 10.2 Å². The van der Waals surface area contributed by atoms with Crippen LogP contribution in [-0.4, -0.2) is 34.9 Å². The Kier molecular flexibility index (Phi) is 3.15. The van der Waals surface area contributed by atoms with Gasteiger partial charge in [0.05, 0.1) is 7.11 Å². The first-order chi connectivity index (χ1) is 8.88. The van der Waals surface area contributed by atoms with Crippen LogP contribution >= 0.6 is 0 Å². The van der Waals surface area contributed by atoms with Gasteiger partial charge in [0.2, 0.25) is 5.65 Å². The quantitative estimate of drug-likeness (QED) is 0.828. The summed E-state index contributed by atoms with van der Waals surface area (Å²) in [6.45, 7) is 1.73. The molecule has 0 unspecified atom stereocenters. The molecule has 0 atom stereocenters. The van der Waals surface area contributed by atoms with Crippen molar-refractivity contribution in [2.75, 3.05) is 20.3 Å². The smallest absolute Gasteiger partial charge is 0.203 e. The molecule has 1 fully saturated rings. The Morgan fingerprint density at radius 3 is 3.00 bits per heavy atom. The van der Waals surface area contributed by atoms with Crippen LogP contribution in [0.15, 0.2) is 18.3 Å². The summed E-state index contributed by atoms with van der Waals surface area (Å²) in [7, 11) is 1.65. The van der Waals surface area contributed by atoms with E-state index in [1.807, 2.05) is 22.7 Å². The minimum atomic E-state index is 0.650. The number of hydrogen-bond donors (Lipinski definition) is 0. The van der Waals surface area contributed by atoms with Gasteiger partial charge in [-0.1, -0.05) is 0 Å². The molecule has 5 nitrogen and oxygen atoms in total. The summed E-state index contributed by atoms with van der Waals surface area (Å²) in [5.74, 6) is 2.43. The third-order valence-corrected chi connectivity index (χ3v) is 3.50. The minimum Gasteiger partial charge on any atom is -0.493 e. The van der Waals surface area contributed by atoms with Crippen LogP contribution in [0.4, 0.5) is 0 Å². The van der Waals surface area contributed by atoms with E-state index < -0.39 is 0 Å². The first-order valence-corrected chi connectivity index (χ1v) is 6.33. The molecule has 5 heteroatoms. The van der Waals surface area contributed by atoms with Crippen LogP contribution in [0, 0.1) is 5.92 Å². The molecular formula is C13H17N3O2. The van der Waals surface area contributed by atoms with E-state index in [0.29, 0.717) is 5.92 Å². The molecule has 2 aromatic heterocycles. The van der Waals surface area contributed by atoms with Gasteiger partial charge in [-0.05, 0) is 30.9 Å². The molecule has 0 saturated carbocycles. The standard InChI is InChI=1S/C13H17N3O2/c1-17-11-3-2-6-16-12(14-15-13(11)16)9-10-4-7-18-8-5-10/h2-3,6,10H,4-5,7-9H2,1H3. The molecule has 3 rings (SSSR count). The van der Waals surface area contributed by atoms with Gasteiger partial charge in [-0.2, -0.15) is 0 Å². The zero-order chi connectivity index (χ0) is 12.4. The summed E-state index contributed by atoms with van der Waals surface area (Å²) in [5.41, 5.74) is 0.794. The molecular weight excluding hydrogens is 230 g/mol. The molecule has 1 aliphatic heterocycles. The van der Waals surface area contributed by atoms with E-state index in [4.69, 9.17) is 9.47 Å². The fourth-order valence-corrected chi connectivity index (χ4v) is 2.45. The van der Waals surface area contributed by atoms with Crippen LogP contribution < -0.4 is 4.74 Å². The summed E-state index contributed by atoms with van der Waals surface area (Å²) in [6, 6.07) is 3.87. The molecule has 0 aliphatic carbocycles. The van der Waals surface area contributed by atoms with Crippen LogP contribution in [0.3, 0.4) is 0 Å². The minimum absolute atomic E-state index is 0.650. The van der Waals surface area contributed by atoms with Crippen molar-refractivity contribution in [2.24, 2.45) is 5.92 Å². The molecule has 0 N–H and O–H groups in total. The maximum Gasteiger partial charge on any atom is 0.203 e.